The molecule has 1 aromatic rings. The lowest BCUT2D eigenvalue weighted by Crippen LogP contribution is -2.25. The normalized spacial score (nSPS) is 18.9. The lowest BCUT2D eigenvalue weighted by Gasteiger charge is -2.16. The molecule has 1 unspecified atom stereocenters. The Kier molecular flexibility index (Phi) is 2.80. The monoisotopic (exact) mass is 228 g/mol. The zero-order valence-corrected chi connectivity index (χ0v) is 8.98. The summed E-state index contributed by atoms with van der Waals surface area (Å²) in [4.78, 5) is 13.0. The number of rotatable bonds is 1. The van der Waals surface area contributed by atoms with Gasteiger partial charge in [0.05, 0.1) is 11.3 Å². The third kappa shape index (κ3) is 1.86. The van der Waals surface area contributed by atoms with Crippen LogP contribution in [0.4, 0.5) is 10.1 Å². The average Bonchev–Trinajstić information content (AvgIpc) is 2.71. The van der Waals surface area contributed by atoms with E-state index in [2.05, 4.69) is 5.92 Å². The average molecular weight is 228 g/mol. The molecule has 3 nitrogen and oxygen atoms in total. The van der Waals surface area contributed by atoms with Crippen molar-refractivity contribution in [1.29, 1.82) is 5.26 Å². The highest BCUT2D eigenvalue weighted by atomic mass is 19.1. The van der Waals surface area contributed by atoms with Crippen LogP contribution in [0.15, 0.2) is 18.2 Å². The summed E-state index contributed by atoms with van der Waals surface area (Å²) < 4.78 is 13.9. The molecule has 1 atom stereocenters. The summed E-state index contributed by atoms with van der Waals surface area (Å²) in [7, 11) is 0. The molecular formula is C13H9FN2O. The number of terminal acetylenes is 1. The molecule has 0 N–H and O–H groups in total. The van der Waals surface area contributed by atoms with Crippen LogP contribution in [0.5, 0.6) is 0 Å². The summed E-state index contributed by atoms with van der Waals surface area (Å²) in [6.45, 7) is 0.307. The molecule has 2 rings (SSSR count). The first-order valence-electron chi connectivity index (χ1n) is 5.12. The molecular weight excluding hydrogens is 219 g/mol. The van der Waals surface area contributed by atoms with E-state index in [-0.39, 0.29) is 29.5 Å². The SMILES string of the molecule is C#CC1CC(=O)N(c2cccc(C#N)c2F)C1. The summed E-state index contributed by atoms with van der Waals surface area (Å²) in [5.41, 5.74) is 0.0613. The maximum atomic E-state index is 13.9. The van der Waals surface area contributed by atoms with E-state index in [4.69, 9.17) is 11.7 Å². The van der Waals surface area contributed by atoms with Crippen molar-refractivity contribution in [3.05, 3.63) is 29.6 Å². The fourth-order valence-corrected chi connectivity index (χ4v) is 1.87. The van der Waals surface area contributed by atoms with Crippen molar-refractivity contribution in [1.82, 2.24) is 0 Å². The van der Waals surface area contributed by atoms with E-state index in [1.54, 1.807) is 12.1 Å². The fraction of sp³-hybridized carbons (Fsp3) is 0.231. The van der Waals surface area contributed by atoms with E-state index in [0.29, 0.717) is 6.54 Å². The van der Waals surface area contributed by atoms with E-state index in [9.17, 15) is 9.18 Å². The van der Waals surface area contributed by atoms with Crippen molar-refractivity contribution in [3.8, 4) is 18.4 Å². The first kappa shape index (κ1) is 11.2. The topological polar surface area (TPSA) is 44.1 Å². The third-order valence-corrected chi connectivity index (χ3v) is 2.75. The molecule has 0 aromatic heterocycles. The van der Waals surface area contributed by atoms with Crippen LogP contribution >= 0.6 is 0 Å². The third-order valence-electron chi connectivity index (χ3n) is 2.75. The molecule has 1 fully saturated rings. The summed E-state index contributed by atoms with van der Waals surface area (Å²) >= 11 is 0. The number of nitriles is 1. The van der Waals surface area contributed by atoms with Gasteiger partial charge in [0, 0.05) is 18.9 Å². The van der Waals surface area contributed by atoms with Crippen molar-refractivity contribution >= 4 is 11.6 Å². The van der Waals surface area contributed by atoms with Gasteiger partial charge in [-0.2, -0.15) is 5.26 Å². The van der Waals surface area contributed by atoms with Crippen molar-refractivity contribution in [2.45, 2.75) is 6.42 Å². The molecule has 1 aliphatic rings. The maximum Gasteiger partial charge on any atom is 0.228 e. The van der Waals surface area contributed by atoms with E-state index in [1.165, 1.54) is 17.0 Å². The van der Waals surface area contributed by atoms with Crippen LogP contribution in [-0.2, 0) is 4.79 Å². The first-order chi connectivity index (χ1) is 8.17. The summed E-state index contributed by atoms with van der Waals surface area (Å²) in [5, 5.41) is 8.72. The van der Waals surface area contributed by atoms with Crippen LogP contribution in [0, 0.1) is 35.4 Å². The van der Waals surface area contributed by atoms with Gasteiger partial charge in [-0.3, -0.25) is 4.79 Å². The Bertz CT molecular complexity index is 554. The van der Waals surface area contributed by atoms with Crippen LogP contribution in [0.2, 0.25) is 0 Å². The number of anilines is 1. The van der Waals surface area contributed by atoms with Gasteiger partial charge in [0.1, 0.15) is 6.07 Å². The van der Waals surface area contributed by atoms with Crippen LogP contribution in [0.1, 0.15) is 12.0 Å². The van der Waals surface area contributed by atoms with Gasteiger partial charge in [0.25, 0.3) is 0 Å². The Balaban J connectivity index is 2.40. The van der Waals surface area contributed by atoms with Crippen LogP contribution < -0.4 is 4.90 Å². The second-order valence-electron chi connectivity index (χ2n) is 3.82. The summed E-state index contributed by atoms with van der Waals surface area (Å²) in [6, 6.07) is 6.15. The van der Waals surface area contributed by atoms with Crippen molar-refractivity contribution in [2.75, 3.05) is 11.4 Å². The molecule has 1 aromatic carbocycles. The molecule has 4 heteroatoms. The van der Waals surface area contributed by atoms with Gasteiger partial charge < -0.3 is 4.90 Å². The fourth-order valence-electron chi connectivity index (χ4n) is 1.87. The summed E-state index contributed by atoms with van der Waals surface area (Å²) in [5.74, 6) is 1.43. The largest absolute Gasteiger partial charge is 0.308 e. The van der Waals surface area contributed by atoms with Gasteiger partial charge in [-0.1, -0.05) is 6.07 Å². The first-order valence-corrected chi connectivity index (χ1v) is 5.12. The lowest BCUT2D eigenvalue weighted by molar-refractivity contribution is -0.117. The molecule has 1 aliphatic heterocycles. The Labute approximate surface area is 98.5 Å². The van der Waals surface area contributed by atoms with Crippen molar-refractivity contribution in [3.63, 3.8) is 0 Å². The summed E-state index contributed by atoms with van der Waals surface area (Å²) in [6.07, 6.45) is 5.48. The second kappa shape index (κ2) is 4.27. The maximum absolute atomic E-state index is 13.9. The second-order valence-corrected chi connectivity index (χ2v) is 3.82. The number of benzene rings is 1. The van der Waals surface area contributed by atoms with Gasteiger partial charge in [-0.25, -0.2) is 4.39 Å². The zero-order valence-electron chi connectivity index (χ0n) is 8.98. The lowest BCUT2D eigenvalue weighted by atomic mass is 10.1. The minimum absolute atomic E-state index is 0.0699. The molecule has 1 amide bonds. The van der Waals surface area contributed by atoms with E-state index in [1.807, 2.05) is 0 Å². The van der Waals surface area contributed by atoms with Gasteiger partial charge in [0.15, 0.2) is 5.82 Å². The molecule has 0 spiro atoms. The quantitative estimate of drug-likeness (QED) is 0.686. The molecule has 0 bridgehead atoms. The van der Waals surface area contributed by atoms with Gasteiger partial charge in [-0.05, 0) is 12.1 Å². The smallest absolute Gasteiger partial charge is 0.228 e. The molecule has 0 radical (unpaired) electrons. The van der Waals surface area contributed by atoms with Gasteiger partial charge in [-0.15, -0.1) is 12.3 Å². The Morgan fingerprint density at radius 2 is 2.29 bits per heavy atom. The number of carbonyl (C=O) groups is 1. The minimum Gasteiger partial charge on any atom is -0.308 e. The number of amides is 1. The highest BCUT2D eigenvalue weighted by Gasteiger charge is 2.31. The molecule has 1 saturated heterocycles. The standard InChI is InChI=1S/C13H9FN2O/c1-2-9-6-12(17)16(8-9)11-5-3-4-10(7-15)13(11)14/h1,3-5,9H,6,8H2. The van der Waals surface area contributed by atoms with Crippen LogP contribution in [0.3, 0.4) is 0 Å². The highest BCUT2D eigenvalue weighted by molar-refractivity contribution is 5.96. The minimum atomic E-state index is -0.666. The number of halogens is 1. The van der Waals surface area contributed by atoms with Crippen molar-refractivity contribution in [2.24, 2.45) is 5.92 Å². The van der Waals surface area contributed by atoms with Crippen molar-refractivity contribution < 1.29 is 9.18 Å². The number of nitrogens with zero attached hydrogens (tertiary/aromatic N) is 2. The molecule has 0 aliphatic carbocycles. The molecule has 0 saturated carbocycles. The predicted octanol–water partition coefficient (Wildman–Crippen LogP) is 1.68. The molecule has 17 heavy (non-hydrogen) atoms. The Morgan fingerprint density at radius 1 is 1.53 bits per heavy atom. The van der Waals surface area contributed by atoms with Gasteiger partial charge in [0.2, 0.25) is 5.91 Å². The Hall–Kier alpha value is -2.33. The number of carbonyl (C=O) groups excluding carboxylic acids is 1. The van der Waals surface area contributed by atoms with Crippen LogP contribution in [-0.4, -0.2) is 12.5 Å². The van der Waals surface area contributed by atoms with E-state index >= 15 is 0 Å². The zero-order chi connectivity index (χ0) is 12.4. The van der Waals surface area contributed by atoms with Crippen LogP contribution in [0.25, 0.3) is 0 Å². The number of hydrogen-bond donors (Lipinski definition) is 0. The molecule has 84 valence electrons. The van der Waals surface area contributed by atoms with Gasteiger partial charge >= 0.3 is 0 Å². The Morgan fingerprint density at radius 3 is 2.88 bits per heavy atom. The number of hydrogen-bond acceptors (Lipinski definition) is 2. The van der Waals surface area contributed by atoms with E-state index in [0.717, 1.165) is 0 Å². The van der Waals surface area contributed by atoms with E-state index < -0.39 is 5.82 Å². The molecule has 1 heterocycles. The highest BCUT2D eigenvalue weighted by Crippen LogP contribution is 2.28. The predicted molar refractivity (Wildman–Crippen MR) is 60.4 cm³/mol.